The number of piperidine rings is 1. The lowest BCUT2D eigenvalue weighted by Crippen LogP contribution is -2.72. The molecule has 0 radical (unpaired) electrons. The quantitative estimate of drug-likeness (QED) is 0.803. The van der Waals surface area contributed by atoms with Gasteiger partial charge in [-0.1, -0.05) is 0 Å². The fourth-order valence-corrected chi connectivity index (χ4v) is 4.29. The summed E-state index contributed by atoms with van der Waals surface area (Å²) < 4.78 is 24.0. The number of carbonyl (C=O) groups is 1. The summed E-state index contributed by atoms with van der Waals surface area (Å²) in [5.74, 6) is -1.16. The molecule has 0 unspecified atom stereocenters. The van der Waals surface area contributed by atoms with Crippen LogP contribution in [0.25, 0.3) is 0 Å². The Labute approximate surface area is 155 Å². The van der Waals surface area contributed by atoms with Crippen molar-refractivity contribution in [2.75, 3.05) is 20.3 Å². The number of ether oxygens (including phenoxy) is 4. The van der Waals surface area contributed by atoms with Crippen LogP contribution in [0.15, 0.2) is 0 Å². The van der Waals surface area contributed by atoms with Crippen LogP contribution in [-0.4, -0.2) is 71.1 Å². The minimum absolute atomic E-state index is 0.0793. The third kappa shape index (κ3) is 3.03. The van der Waals surface area contributed by atoms with Crippen LogP contribution in [0.4, 0.5) is 4.79 Å². The second-order valence-electron chi connectivity index (χ2n) is 9.38. The van der Waals surface area contributed by atoms with Gasteiger partial charge in [0.1, 0.15) is 17.3 Å². The fourth-order valence-electron chi connectivity index (χ4n) is 4.29. The Kier molecular flexibility index (Phi) is 4.63. The van der Waals surface area contributed by atoms with Gasteiger partial charge in [0.2, 0.25) is 0 Å². The molecule has 4 atom stereocenters. The van der Waals surface area contributed by atoms with Crippen molar-refractivity contribution < 1.29 is 28.8 Å². The zero-order valence-electron chi connectivity index (χ0n) is 17.0. The monoisotopic (exact) mass is 371 g/mol. The summed E-state index contributed by atoms with van der Waals surface area (Å²) in [5, 5.41) is 10.2. The predicted molar refractivity (Wildman–Crippen MR) is 94.7 cm³/mol. The van der Waals surface area contributed by atoms with Crippen molar-refractivity contribution in [2.45, 2.75) is 89.1 Å². The summed E-state index contributed by atoms with van der Waals surface area (Å²) in [4.78, 5) is 14.6. The number of amides is 1. The number of nitrogens with zero attached hydrogens (tertiary/aromatic N) is 1. The highest BCUT2D eigenvalue weighted by Crippen LogP contribution is 2.56. The first-order chi connectivity index (χ1) is 11.9. The summed E-state index contributed by atoms with van der Waals surface area (Å²) >= 11 is 0. The SMILES string of the molecule is CO[C@@]1(C)O[C@@H]2[C@@H](CO)C3(CC3)N(C(=O)OC(C)(C)C)C[C@H]2OC1(C)C. The summed E-state index contributed by atoms with van der Waals surface area (Å²) in [5.41, 5.74) is -1.69. The molecule has 3 fully saturated rings. The van der Waals surface area contributed by atoms with Gasteiger partial charge in [0.15, 0.2) is 5.79 Å². The molecular formula is C19H33NO6. The van der Waals surface area contributed by atoms with E-state index < -0.39 is 22.5 Å². The first kappa shape index (κ1) is 19.9. The Morgan fingerprint density at radius 3 is 2.31 bits per heavy atom. The van der Waals surface area contributed by atoms with E-state index in [4.69, 9.17) is 18.9 Å². The van der Waals surface area contributed by atoms with Crippen molar-refractivity contribution in [2.24, 2.45) is 5.92 Å². The minimum Gasteiger partial charge on any atom is -0.444 e. The molecule has 26 heavy (non-hydrogen) atoms. The van der Waals surface area contributed by atoms with Crippen molar-refractivity contribution in [3.05, 3.63) is 0 Å². The normalized spacial score (nSPS) is 38.0. The maximum absolute atomic E-state index is 12.9. The van der Waals surface area contributed by atoms with Crippen LogP contribution in [0.3, 0.4) is 0 Å². The minimum atomic E-state index is -0.925. The molecule has 1 N–H and O–H groups in total. The van der Waals surface area contributed by atoms with Gasteiger partial charge in [-0.15, -0.1) is 0 Å². The van der Waals surface area contributed by atoms with E-state index in [1.54, 1.807) is 12.0 Å². The van der Waals surface area contributed by atoms with Gasteiger partial charge in [-0.05, 0) is 54.4 Å². The Bertz CT molecular complexity index is 567. The van der Waals surface area contributed by atoms with Gasteiger partial charge < -0.3 is 24.1 Å². The number of aliphatic hydroxyl groups excluding tert-OH is 1. The van der Waals surface area contributed by atoms with Gasteiger partial charge in [-0.25, -0.2) is 4.79 Å². The molecule has 1 spiro atoms. The standard InChI is InChI=1S/C19H33NO6/c1-16(2,3)26-15(22)20-10-13-14(12(11-21)19(20)8-9-19)25-18(6,23-7)17(4,5)24-13/h12-14,21H,8-11H2,1-7H3/t12-,13-,14-,18+/m1/s1. The number of likely N-dealkylation sites (tertiary alicyclic amines) is 1. The molecule has 1 aliphatic carbocycles. The van der Waals surface area contributed by atoms with Gasteiger partial charge in [0, 0.05) is 13.0 Å². The smallest absolute Gasteiger partial charge is 0.410 e. The van der Waals surface area contributed by atoms with Crippen molar-refractivity contribution in [3.63, 3.8) is 0 Å². The number of hydrogen-bond donors (Lipinski definition) is 1. The molecule has 150 valence electrons. The van der Waals surface area contributed by atoms with E-state index in [2.05, 4.69) is 0 Å². The van der Waals surface area contributed by atoms with Gasteiger partial charge in [-0.2, -0.15) is 0 Å². The average molecular weight is 371 g/mol. The molecule has 2 aliphatic heterocycles. The Morgan fingerprint density at radius 2 is 1.85 bits per heavy atom. The number of aliphatic hydroxyl groups is 1. The van der Waals surface area contributed by atoms with Crippen LogP contribution >= 0.6 is 0 Å². The number of hydrogen-bond acceptors (Lipinski definition) is 6. The van der Waals surface area contributed by atoms with Crippen molar-refractivity contribution in [3.8, 4) is 0 Å². The Hall–Kier alpha value is -0.890. The zero-order valence-corrected chi connectivity index (χ0v) is 17.0. The van der Waals surface area contributed by atoms with Crippen LogP contribution in [0.1, 0.15) is 54.4 Å². The molecule has 7 nitrogen and oxygen atoms in total. The lowest BCUT2D eigenvalue weighted by Gasteiger charge is -2.58. The molecule has 1 amide bonds. The van der Waals surface area contributed by atoms with E-state index in [1.807, 2.05) is 41.5 Å². The molecule has 1 saturated carbocycles. The van der Waals surface area contributed by atoms with E-state index in [9.17, 15) is 9.90 Å². The van der Waals surface area contributed by atoms with Gasteiger partial charge in [0.25, 0.3) is 0 Å². The second kappa shape index (κ2) is 6.06. The van der Waals surface area contributed by atoms with Crippen molar-refractivity contribution in [1.29, 1.82) is 0 Å². The van der Waals surface area contributed by atoms with E-state index in [0.717, 1.165) is 12.8 Å². The van der Waals surface area contributed by atoms with Gasteiger partial charge in [-0.3, -0.25) is 4.90 Å². The highest BCUT2D eigenvalue weighted by molar-refractivity contribution is 5.70. The molecular weight excluding hydrogens is 338 g/mol. The summed E-state index contributed by atoms with van der Waals surface area (Å²) in [6, 6.07) is 0. The molecule has 2 heterocycles. The first-order valence-corrected chi connectivity index (χ1v) is 9.41. The van der Waals surface area contributed by atoms with Crippen LogP contribution < -0.4 is 0 Å². The first-order valence-electron chi connectivity index (χ1n) is 9.41. The highest BCUT2D eigenvalue weighted by atomic mass is 16.7. The van der Waals surface area contributed by atoms with Crippen LogP contribution in [0, 0.1) is 5.92 Å². The second-order valence-corrected chi connectivity index (χ2v) is 9.38. The summed E-state index contributed by atoms with van der Waals surface area (Å²) in [6.07, 6.45) is 0.630. The molecule has 3 aliphatic rings. The van der Waals surface area contributed by atoms with Gasteiger partial charge in [0.05, 0.1) is 24.8 Å². The Morgan fingerprint density at radius 1 is 1.23 bits per heavy atom. The highest BCUT2D eigenvalue weighted by Gasteiger charge is 2.67. The average Bonchev–Trinajstić information content (AvgIpc) is 3.28. The summed E-state index contributed by atoms with van der Waals surface area (Å²) in [6.45, 7) is 11.6. The number of methoxy groups -OCH3 is 1. The molecule has 7 heteroatoms. The van der Waals surface area contributed by atoms with E-state index >= 15 is 0 Å². The van der Waals surface area contributed by atoms with Crippen LogP contribution in [0.2, 0.25) is 0 Å². The Balaban J connectivity index is 1.90. The molecule has 0 aromatic carbocycles. The molecule has 0 bridgehead atoms. The van der Waals surface area contributed by atoms with Crippen LogP contribution in [0.5, 0.6) is 0 Å². The maximum atomic E-state index is 12.9. The van der Waals surface area contributed by atoms with E-state index in [1.165, 1.54) is 0 Å². The molecule has 0 aromatic rings. The maximum Gasteiger partial charge on any atom is 0.410 e. The third-order valence-corrected chi connectivity index (χ3v) is 6.22. The largest absolute Gasteiger partial charge is 0.444 e. The zero-order chi connectivity index (χ0) is 19.5. The van der Waals surface area contributed by atoms with E-state index in [0.29, 0.717) is 6.54 Å². The van der Waals surface area contributed by atoms with Gasteiger partial charge >= 0.3 is 6.09 Å². The van der Waals surface area contributed by atoms with Crippen molar-refractivity contribution >= 4 is 6.09 Å². The van der Waals surface area contributed by atoms with Crippen LogP contribution in [-0.2, 0) is 18.9 Å². The lowest BCUT2D eigenvalue weighted by molar-refractivity contribution is -0.398. The number of fused-ring (bicyclic) bond motifs is 1. The molecule has 3 rings (SSSR count). The topological polar surface area (TPSA) is 77.5 Å². The van der Waals surface area contributed by atoms with E-state index in [-0.39, 0.29) is 30.8 Å². The third-order valence-electron chi connectivity index (χ3n) is 6.22. The summed E-state index contributed by atoms with van der Waals surface area (Å²) in [7, 11) is 1.60. The van der Waals surface area contributed by atoms with Crippen molar-refractivity contribution in [1.82, 2.24) is 4.90 Å². The predicted octanol–water partition coefficient (Wildman–Crippen LogP) is 2.30. The fraction of sp³-hybridized carbons (Fsp3) is 0.947. The molecule has 0 aromatic heterocycles. The number of rotatable bonds is 2. The molecule has 2 saturated heterocycles. The lowest BCUT2D eigenvalue weighted by atomic mass is 9.80. The number of carbonyl (C=O) groups excluding carboxylic acids is 1.